The van der Waals surface area contributed by atoms with E-state index in [0.717, 1.165) is 22.4 Å². The van der Waals surface area contributed by atoms with Gasteiger partial charge in [0.25, 0.3) is 0 Å². The summed E-state index contributed by atoms with van der Waals surface area (Å²) in [6.07, 6.45) is -0.517. The molecule has 1 unspecified atom stereocenters. The Balaban J connectivity index is 1.54. The largest absolute Gasteiger partial charge is 0.489 e. The first kappa shape index (κ1) is 18.2. The number of hydrogen-bond acceptors (Lipinski definition) is 3. The minimum absolute atomic E-state index is 0.496. The van der Waals surface area contributed by atoms with E-state index in [4.69, 9.17) is 4.74 Å². The van der Waals surface area contributed by atoms with Gasteiger partial charge in [-0.15, -0.1) is 0 Å². The zero-order chi connectivity index (χ0) is 18.2. The highest BCUT2D eigenvalue weighted by Gasteiger charge is 2.08. The fourth-order valence-corrected chi connectivity index (χ4v) is 2.77. The van der Waals surface area contributed by atoms with Crippen molar-refractivity contribution in [3.63, 3.8) is 0 Å². The van der Waals surface area contributed by atoms with Crippen LogP contribution in [0.3, 0.4) is 0 Å². The van der Waals surface area contributed by atoms with Crippen molar-refractivity contribution >= 4 is 0 Å². The molecule has 1 atom stereocenters. The number of aryl methyl sites for hydroxylation is 1. The number of ether oxygens (including phenoxy) is 1. The molecule has 3 aromatic rings. The maximum Gasteiger partial charge on any atom is 0.124 e. The Morgan fingerprint density at radius 3 is 2.35 bits per heavy atom. The summed E-state index contributed by atoms with van der Waals surface area (Å²) in [5, 5.41) is 13.6. The third-order valence-electron chi connectivity index (χ3n) is 4.33. The van der Waals surface area contributed by atoms with Gasteiger partial charge in [0.15, 0.2) is 0 Å². The quantitative estimate of drug-likeness (QED) is 0.635. The van der Waals surface area contributed by atoms with Crippen LogP contribution in [0.1, 0.15) is 28.4 Å². The van der Waals surface area contributed by atoms with Crippen molar-refractivity contribution in [1.82, 2.24) is 5.32 Å². The van der Waals surface area contributed by atoms with E-state index < -0.39 is 6.10 Å². The molecule has 0 fully saturated rings. The molecule has 0 aliphatic heterocycles. The topological polar surface area (TPSA) is 41.5 Å². The van der Waals surface area contributed by atoms with Crippen molar-refractivity contribution in [2.75, 3.05) is 6.54 Å². The summed E-state index contributed by atoms with van der Waals surface area (Å²) in [7, 11) is 0. The van der Waals surface area contributed by atoms with Gasteiger partial charge in [0.05, 0.1) is 6.10 Å². The van der Waals surface area contributed by atoms with Gasteiger partial charge in [0.2, 0.25) is 0 Å². The molecule has 134 valence electrons. The lowest BCUT2D eigenvalue weighted by Crippen LogP contribution is -2.21. The number of rotatable bonds is 8. The van der Waals surface area contributed by atoms with Crippen molar-refractivity contribution in [3.05, 3.63) is 101 Å². The molecule has 0 amide bonds. The van der Waals surface area contributed by atoms with Crippen LogP contribution >= 0.6 is 0 Å². The van der Waals surface area contributed by atoms with Crippen molar-refractivity contribution in [1.29, 1.82) is 0 Å². The highest BCUT2D eigenvalue weighted by molar-refractivity contribution is 5.33. The van der Waals surface area contributed by atoms with E-state index in [0.29, 0.717) is 19.7 Å². The van der Waals surface area contributed by atoms with Crippen LogP contribution in [0.2, 0.25) is 0 Å². The molecule has 3 rings (SSSR count). The van der Waals surface area contributed by atoms with E-state index in [2.05, 4.69) is 36.5 Å². The summed E-state index contributed by atoms with van der Waals surface area (Å²) in [5.74, 6) is 0.870. The Morgan fingerprint density at radius 2 is 1.58 bits per heavy atom. The average Bonchev–Trinajstić information content (AvgIpc) is 2.69. The predicted molar refractivity (Wildman–Crippen MR) is 105 cm³/mol. The molecule has 0 aliphatic rings. The monoisotopic (exact) mass is 347 g/mol. The molecular formula is C23H25NO2. The molecule has 0 radical (unpaired) electrons. The van der Waals surface area contributed by atoms with Crippen LogP contribution in [-0.2, 0) is 13.2 Å². The second kappa shape index (κ2) is 9.18. The molecule has 0 aliphatic carbocycles. The van der Waals surface area contributed by atoms with Gasteiger partial charge < -0.3 is 15.2 Å². The van der Waals surface area contributed by atoms with E-state index in [1.807, 2.05) is 54.6 Å². The van der Waals surface area contributed by atoms with Gasteiger partial charge in [-0.05, 0) is 24.1 Å². The first-order chi connectivity index (χ1) is 12.7. The Labute approximate surface area is 155 Å². The van der Waals surface area contributed by atoms with Crippen LogP contribution in [0.4, 0.5) is 0 Å². The Kier molecular flexibility index (Phi) is 6.42. The summed E-state index contributed by atoms with van der Waals surface area (Å²) in [6, 6.07) is 26.1. The van der Waals surface area contributed by atoms with Crippen molar-refractivity contribution in [3.8, 4) is 5.75 Å². The minimum Gasteiger partial charge on any atom is -0.489 e. The molecule has 0 saturated heterocycles. The summed E-state index contributed by atoms with van der Waals surface area (Å²) < 4.78 is 6.00. The molecular weight excluding hydrogens is 322 g/mol. The zero-order valence-electron chi connectivity index (χ0n) is 15.1. The number of para-hydroxylation sites is 1. The maximum absolute atomic E-state index is 10.2. The van der Waals surface area contributed by atoms with E-state index in [-0.39, 0.29) is 0 Å². The Hall–Kier alpha value is -2.62. The first-order valence-electron chi connectivity index (χ1n) is 8.92. The first-order valence-corrected chi connectivity index (χ1v) is 8.92. The van der Waals surface area contributed by atoms with E-state index in [1.54, 1.807) is 0 Å². The molecule has 3 nitrogen and oxygen atoms in total. The number of aliphatic hydroxyl groups excluding tert-OH is 1. The third kappa shape index (κ3) is 5.19. The summed E-state index contributed by atoms with van der Waals surface area (Å²) in [6.45, 7) is 3.77. The molecule has 2 N–H and O–H groups in total. The van der Waals surface area contributed by atoms with E-state index in [9.17, 15) is 5.11 Å². The van der Waals surface area contributed by atoms with Gasteiger partial charge in [-0.1, -0.05) is 78.4 Å². The van der Waals surface area contributed by atoms with Crippen LogP contribution in [0.25, 0.3) is 0 Å². The molecule has 3 heteroatoms. The van der Waals surface area contributed by atoms with E-state index in [1.165, 1.54) is 5.56 Å². The number of benzene rings is 3. The molecule has 0 heterocycles. The molecule has 0 aromatic heterocycles. The third-order valence-corrected chi connectivity index (χ3v) is 4.33. The van der Waals surface area contributed by atoms with Crippen molar-refractivity contribution in [2.24, 2.45) is 0 Å². The van der Waals surface area contributed by atoms with Gasteiger partial charge in [0, 0.05) is 18.7 Å². The van der Waals surface area contributed by atoms with Gasteiger partial charge in [-0.25, -0.2) is 0 Å². The van der Waals surface area contributed by atoms with Crippen LogP contribution < -0.4 is 10.1 Å². The summed E-state index contributed by atoms with van der Waals surface area (Å²) in [4.78, 5) is 0. The fourth-order valence-electron chi connectivity index (χ4n) is 2.77. The lowest BCUT2D eigenvalue weighted by Gasteiger charge is -2.15. The van der Waals surface area contributed by atoms with Crippen molar-refractivity contribution < 1.29 is 9.84 Å². The number of hydrogen-bond donors (Lipinski definition) is 2. The molecule has 0 bridgehead atoms. The Bertz CT molecular complexity index is 800. The predicted octanol–water partition coefficient (Wildman–Crippen LogP) is 4.40. The molecule has 26 heavy (non-hydrogen) atoms. The smallest absolute Gasteiger partial charge is 0.124 e. The van der Waals surface area contributed by atoms with Crippen LogP contribution in [0.15, 0.2) is 78.9 Å². The van der Waals surface area contributed by atoms with E-state index >= 15 is 0 Å². The van der Waals surface area contributed by atoms with Crippen LogP contribution in [-0.4, -0.2) is 11.7 Å². The fraction of sp³-hybridized carbons (Fsp3) is 0.217. The molecule has 3 aromatic carbocycles. The molecule has 0 saturated carbocycles. The maximum atomic E-state index is 10.2. The van der Waals surface area contributed by atoms with Gasteiger partial charge >= 0.3 is 0 Å². The van der Waals surface area contributed by atoms with Crippen LogP contribution in [0, 0.1) is 6.92 Å². The average molecular weight is 347 g/mol. The van der Waals surface area contributed by atoms with Gasteiger partial charge in [-0.2, -0.15) is 0 Å². The van der Waals surface area contributed by atoms with Crippen LogP contribution in [0.5, 0.6) is 5.75 Å². The van der Waals surface area contributed by atoms with Gasteiger partial charge in [-0.3, -0.25) is 0 Å². The minimum atomic E-state index is -0.517. The Morgan fingerprint density at radius 1 is 0.885 bits per heavy atom. The SMILES string of the molecule is Cc1ccc(COc2ccccc2CNCC(O)c2ccccc2)cc1. The lowest BCUT2D eigenvalue weighted by atomic mass is 10.1. The highest BCUT2D eigenvalue weighted by atomic mass is 16.5. The summed E-state index contributed by atoms with van der Waals surface area (Å²) >= 11 is 0. The highest BCUT2D eigenvalue weighted by Crippen LogP contribution is 2.20. The zero-order valence-corrected chi connectivity index (χ0v) is 15.1. The lowest BCUT2D eigenvalue weighted by molar-refractivity contribution is 0.174. The van der Waals surface area contributed by atoms with Crippen molar-refractivity contribution in [2.45, 2.75) is 26.2 Å². The number of aliphatic hydroxyl groups is 1. The normalized spacial score (nSPS) is 11.9. The summed E-state index contributed by atoms with van der Waals surface area (Å²) in [5.41, 5.74) is 4.40. The number of nitrogens with one attached hydrogen (secondary N) is 1. The second-order valence-electron chi connectivity index (χ2n) is 6.44. The van der Waals surface area contributed by atoms with Gasteiger partial charge in [0.1, 0.15) is 12.4 Å². The standard InChI is InChI=1S/C23H25NO2/c1-18-11-13-19(14-12-18)17-26-23-10-6-5-9-21(23)15-24-16-22(25)20-7-3-2-4-8-20/h2-14,22,24-25H,15-17H2,1H3. The second-order valence-corrected chi connectivity index (χ2v) is 6.44. The molecule has 0 spiro atoms.